The fourth-order valence-corrected chi connectivity index (χ4v) is 4.53. The van der Waals surface area contributed by atoms with Crippen LogP contribution in [0, 0.1) is 17.3 Å². The summed E-state index contributed by atoms with van der Waals surface area (Å²) >= 11 is 1.64. The molecule has 134 valence electrons. The van der Waals surface area contributed by atoms with Gasteiger partial charge < -0.3 is 10.4 Å². The van der Waals surface area contributed by atoms with Gasteiger partial charge in [0.25, 0.3) is 5.91 Å². The zero-order valence-electron chi connectivity index (χ0n) is 15.3. The van der Waals surface area contributed by atoms with Crippen molar-refractivity contribution < 1.29 is 14.7 Å². The second-order valence-corrected chi connectivity index (χ2v) is 9.31. The number of amides is 1. The molecule has 24 heavy (non-hydrogen) atoms. The number of aliphatic carboxylic acids is 1. The van der Waals surface area contributed by atoms with Crippen molar-refractivity contribution in [1.82, 2.24) is 5.32 Å². The minimum absolute atomic E-state index is 0.218. The van der Waals surface area contributed by atoms with Crippen molar-refractivity contribution >= 4 is 23.2 Å². The van der Waals surface area contributed by atoms with Crippen LogP contribution in [0.15, 0.2) is 5.38 Å². The van der Waals surface area contributed by atoms with Crippen molar-refractivity contribution in [2.24, 2.45) is 17.3 Å². The zero-order valence-corrected chi connectivity index (χ0v) is 16.1. The zero-order chi connectivity index (χ0) is 18.1. The van der Waals surface area contributed by atoms with Gasteiger partial charge in [-0.15, -0.1) is 11.3 Å². The number of carboxylic acid groups (broad SMARTS) is 1. The fraction of sp³-hybridized carbons (Fsp3) is 0.684. The van der Waals surface area contributed by atoms with Gasteiger partial charge in [0.1, 0.15) is 6.04 Å². The molecule has 0 radical (unpaired) electrons. The maximum Gasteiger partial charge on any atom is 0.326 e. The Hall–Kier alpha value is -1.36. The molecular formula is C19H29NO3S. The molecule has 0 spiro atoms. The normalized spacial score (nSPS) is 19.0. The summed E-state index contributed by atoms with van der Waals surface area (Å²) in [5.74, 6) is -0.355. The van der Waals surface area contributed by atoms with E-state index in [0.717, 1.165) is 24.8 Å². The van der Waals surface area contributed by atoms with Crippen LogP contribution in [0.25, 0.3) is 0 Å². The topological polar surface area (TPSA) is 66.4 Å². The van der Waals surface area contributed by atoms with E-state index in [0.29, 0.717) is 17.9 Å². The quantitative estimate of drug-likeness (QED) is 0.838. The molecule has 2 N–H and O–H groups in total. The second-order valence-electron chi connectivity index (χ2n) is 8.35. The monoisotopic (exact) mass is 351 g/mol. The van der Waals surface area contributed by atoms with E-state index in [-0.39, 0.29) is 17.2 Å². The number of hydrogen-bond donors (Lipinski definition) is 2. The van der Waals surface area contributed by atoms with Crippen molar-refractivity contribution in [3.8, 4) is 0 Å². The highest BCUT2D eigenvalue weighted by Crippen LogP contribution is 2.40. The van der Waals surface area contributed by atoms with Gasteiger partial charge in [0, 0.05) is 10.3 Å². The van der Waals surface area contributed by atoms with Crippen LogP contribution in [0.4, 0.5) is 0 Å². The van der Waals surface area contributed by atoms with Crippen molar-refractivity contribution in [2.75, 3.05) is 0 Å². The molecule has 1 amide bonds. The van der Waals surface area contributed by atoms with Crippen LogP contribution < -0.4 is 5.32 Å². The predicted molar refractivity (Wildman–Crippen MR) is 97.6 cm³/mol. The van der Waals surface area contributed by atoms with Crippen LogP contribution in [0.3, 0.4) is 0 Å². The third-order valence-electron chi connectivity index (χ3n) is 4.94. The Morgan fingerprint density at radius 1 is 1.38 bits per heavy atom. The number of fused-ring (bicyclic) bond motifs is 1. The standard InChI is InChI=1S/C19H29NO3S/c1-11(2)8-15(18(22)23)20-17(21)14-10-24-16-9-12(19(3,4)5)6-7-13(14)16/h10-12,15H,6-9H2,1-5H3,(H,20,21)(H,22,23). The van der Waals surface area contributed by atoms with Crippen LogP contribution in [-0.4, -0.2) is 23.0 Å². The molecule has 0 fully saturated rings. The molecule has 5 heteroatoms. The molecule has 0 aliphatic heterocycles. The van der Waals surface area contributed by atoms with E-state index < -0.39 is 12.0 Å². The SMILES string of the molecule is CC(C)CC(NC(=O)c1csc2c1CCC(C(C)(C)C)C2)C(=O)O. The average Bonchev–Trinajstić information content (AvgIpc) is 2.87. The molecular weight excluding hydrogens is 322 g/mol. The smallest absolute Gasteiger partial charge is 0.326 e. The Bertz CT molecular complexity index is 613. The number of carbonyl (C=O) groups is 2. The first-order chi connectivity index (χ1) is 11.1. The average molecular weight is 352 g/mol. The first-order valence-electron chi connectivity index (χ1n) is 8.72. The summed E-state index contributed by atoms with van der Waals surface area (Å²) in [7, 11) is 0. The van der Waals surface area contributed by atoms with Crippen molar-refractivity contribution in [3.63, 3.8) is 0 Å². The molecule has 1 aliphatic carbocycles. The Balaban J connectivity index is 2.13. The highest BCUT2D eigenvalue weighted by molar-refractivity contribution is 7.10. The molecule has 1 heterocycles. The van der Waals surface area contributed by atoms with Gasteiger partial charge in [0.2, 0.25) is 0 Å². The van der Waals surface area contributed by atoms with E-state index in [1.54, 1.807) is 11.3 Å². The lowest BCUT2D eigenvalue weighted by atomic mass is 9.72. The summed E-state index contributed by atoms with van der Waals surface area (Å²) < 4.78 is 0. The summed E-state index contributed by atoms with van der Waals surface area (Å²) in [6.45, 7) is 10.7. The van der Waals surface area contributed by atoms with Crippen molar-refractivity contribution in [1.29, 1.82) is 0 Å². The van der Waals surface area contributed by atoms with Gasteiger partial charge in [-0.1, -0.05) is 34.6 Å². The van der Waals surface area contributed by atoms with Crippen LogP contribution in [0.2, 0.25) is 0 Å². The van der Waals surface area contributed by atoms with E-state index >= 15 is 0 Å². The number of nitrogens with one attached hydrogen (secondary N) is 1. The van der Waals surface area contributed by atoms with Gasteiger partial charge in [-0.05, 0) is 48.5 Å². The van der Waals surface area contributed by atoms with Gasteiger partial charge in [-0.25, -0.2) is 4.79 Å². The predicted octanol–water partition coefficient (Wildman–Crippen LogP) is 4.13. The Labute approximate surface area is 148 Å². The number of thiophene rings is 1. The Kier molecular flexibility index (Phi) is 5.74. The van der Waals surface area contributed by atoms with Crippen LogP contribution >= 0.6 is 11.3 Å². The van der Waals surface area contributed by atoms with Crippen LogP contribution in [0.5, 0.6) is 0 Å². The number of rotatable bonds is 5. The maximum atomic E-state index is 12.6. The van der Waals surface area contributed by atoms with Crippen molar-refractivity contribution in [2.45, 2.75) is 66.3 Å². The third-order valence-corrected chi connectivity index (χ3v) is 5.99. The van der Waals surface area contributed by atoms with E-state index in [9.17, 15) is 14.7 Å². The summed E-state index contributed by atoms with van der Waals surface area (Å²) in [5, 5.41) is 13.9. The summed E-state index contributed by atoms with van der Waals surface area (Å²) in [6.07, 6.45) is 3.46. The minimum atomic E-state index is -0.964. The summed E-state index contributed by atoms with van der Waals surface area (Å²) in [5.41, 5.74) is 2.08. The highest BCUT2D eigenvalue weighted by atomic mass is 32.1. The molecule has 2 atom stereocenters. The lowest BCUT2D eigenvalue weighted by molar-refractivity contribution is -0.139. The van der Waals surface area contributed by atoms with Gasteiger partial charge in [0.15, 0.2) is 0 Å². The van der Waals surface area contributed by atoms with Crippen LogP contribution in [0.1, 0.15) is 68.3 Å². The lowest BCUT2D eigenvalue weighted by Crippen LogP contribution is -2.42. The Morgan fingerprint density at radius 2 is 2.04 bits per heavy atom. The molecule has 2 rings (SSSR count). The second kappa shape index (κ2) is 7.26. The Morgan fingerprint density at radius 3 is 2.58 bits per heavy atom. The van der Waals surface area contributed by atoms with E-state index in [1.165, 1.54) is 4.88 Å². The number of carbonyl (C=O) groups excluding carboxylic acids is 1. The minimum Gasteiger partial charge on any atom is -0.480 e. The third kappa shape index (κ3) is 4.38. The first kappa shape index (κ1) is 19.0. The fourth-order valence-electron chi connectivity index (χ4n) is 3.37. The van der Waals surface area contributed by atoms with Gasteiger partial charge >= 0.3 is 5.97 Å². The molecule has 1 aliphatic rings. The molecule has 1 aromatic heterocycles. The first-order valence-corrected chi connectivity index (χ1v) is 9.60. The van der Waals surface area contributed by atoms with Crippen molar-refractivity contribution in [3.05, 3.63) is 21.4 Å². The summed E-state index contributed by atoms with van der Waals surface area (Å²) in [4.78, 5) is 25.2. The molecule has 2 unspecified atom stereocenters. The molecule has 0 aromatic carbocycles. The van der Waals surface area contributed by atoms with E-state index in [1.807, 2.05) is 19.2 Å². The molecule has 0 saturated carbocycles. The summed E-state index contributed by atoms with van der Waals surface area (Å²) in [6, 6.07) is -0.820. The highest BCUT2D eigenvalue weighted by Gasteiger charge is 2.32. The molecule has 0 saturated heterocycles. The van der Waals surface area contributed by atoms with Gasteiger partial charge in [0.05, 0.1) is 5.56 Å². The number of carboxylic acids is 1. The van der Waals surface area contributed by atoms with Crippen LogP contribution in [-0.2, 0) is 17.6 Å². The lowest BCUT2D eigenvalue weighted by Gasteiger charge is -2.34. The molecule has 4 nitrogen and oxygen atoms in total. The van der Waals surface area contributed by atoms with Gasteiger partial charge in [-0.3, -0.25) is 4.79 Å². The van der Waals surface area contributed by atoms with E-state index in [4.69, 9.17) is 0 Å². The molecule has 1 aromatic rings. The molecule has 0 bridgehead atoms. The number of hydrogen-bond acceptors (Lipinski definition) is 3. The van der Waals surface area contributed by atoms with Gasteiger partial charge in [-0.2, -0.15) is 0 Å². The van der Waals surface area contributed by atoms with E-state index in [2.05, 4.69) is 26.1 Å². The maximum absolute atomic E-state index is 12.6. The largest absolute Gasteiger partial charge is 0.480 e.